The fraction of sp³-hybridized carbons (Fsp3) is 0.0625. The van der Waals surface area contributed by atoms with Gasteiger partial charge in [0, 0.05) is 16.8 Å². The molecule has 0 saturated heterocycles. The van der Waals surface area contributed by atoms with Crippen LogP contribution >= 0.6 is 11.6 Å². The standard InChI is InChI=1S/C16H14ClNO2/c1-11-14(17)3-2-4-15(11)18-16(20)10-7-12-5-8-13(19)9-6-12/h2-10,19H,1H3,(H,18,20)/b10-7+. The summed E-state index contributed by atoms with van der Waals surface area (Å²) in [6, 6.07) is 12.0. The summed E-state index contributed by atoms with van der Waals surface area (Å²) in [7, 11) is 0. The predicted octanol–water partition coefficient (Wildman–Crippen LogP) is 4.01. The fourth-order valence-corrected chi connectivity index (χ4v) is 1.85. The Kier molecular flexibility index (Phi) is 4.43. The number of aromatic hydroxyl groups is 1. The molecular weight excluding hydrogens is 274 g/mol. The van der Waals surface area contributed by atoms with Gasteiger partial charge in [0.2, 0.25) is 5.91 Å². The smallest absolute Gasteiger partial charge is 0.248 e. The summed E-state index contributed by atoms with van der Waals surface area (Å²) in [6.45, 7) is 1.85. The lowest BCUT2D eigenvalue weighted by molar-refractivity contribution is -0.111. The van der Waals surface area contributed by atoms with Gasteiger partial charge in [-0.2, -0.15) is 0 Å². The van der Waals surface area contributed by atoms with Crippen molar-refractivity contribution in [3.05, 3.63) is 64.7 Å². The lowest BCUT2D eigenvalue weighted by Gasteiger charge is -2.07. The van der Waals surface area contributed by atoms with Crippen molar-refractivity contribution in [1.29, 1.82) is 0 Å². The summed E-state index contributed by atoms with van der Waals surface area (Å²) in [5.74, 6) is -0.0374. The van der Waals surface area contributed by atoms with Gasteiger partial charge in [0.1, 0.15) is 5.75 Å². The molecule has 102 valence electrons. The van der Waals surface area contributed by atoms with E-state index in [1.165, 1.54) is 6.08 Å². The van der Waals surface area contributed by atoms with Crippen molar-refractivity contribution in [3.8, 4) is 5.75 Å². The molecule has 0 spiro atoms. The fourth-order valence-electron chi connectivity index (χ4n) is 1.67. The molecule has 20 heavy (non-hydrogen) atoms. The van der Waals surface area contributed by atoms with Crippen LogP contribution in [0.3, 0.4) is 0 Å². The number of amides is 1. The number of carbonyl (C=O) groups excluding carboxylic acids is 1. The third kappa shape index (κ3) is 3.62. The van der Waals surface area contributed by atoms with Crippen molar-refractivity contribution in [2.24, 2.45) is 0 Å². The first-order valence-electron chi connectivity index (χ1n) is 6.09. The average molecular weight is 288 g/mol. The number of carbonyl (C=O) groups is 1. The Balaban J connectivity index is 2.05. The summed E-state index contributed by atoms with van der Waals surface area (Å²) in [4.78, 5) is 11.8. The molecule has 0 fully saturated rings. The summed E-state index contributed by atoms with van der Waals surface area (Å²) in [6.07, 6.45) is 3.11. The molecule has 2 N–H and O–H groups in total. The van der Waals surface area contributed by atoms with Crippen LogP contribution in [0.15, 0.2) is 48.5 Å². The number of anilines is 1. The zero-order chi connectivity index (χ0) is 14.5. The Morgan fingerprint density at radius 3 is 2.60 bits per heavy atom. The minimum Gasteiger partial charge on any atom is -0.508 e. The van der Waals surface area contributed by atoms with Crippen molar-refractivity contribution < 1.29 is 9.90 Å². The molecule has 2 aromatic rings. The van der Waals surface area contributed by atoms with E-state index in [0.29, 0.717) is 10.7 Å². The number of rotatable bonds is 3. The number of hydrogen-bond acceptors (Lipinski definition) is 2. The second kappa shape index (κ2) is 6.26. The van der Waals surface area contributed by atoms with E-state index in [2.05, 4.69) is 5.32 Å². The molecule has 0 aliphatic rings. The van der Waals surface area contributed by atoms with Gasteiger partial charge in [0.25, 0.3) is 0 Å². The zero-order valence-corrected chi connectivity index (χ0v) is 11.7. The molecule has 0 bridgehead atoms. The first-order valence-corrected chi connectivity index (χ1v) is 6.47. The van der Waals surface area contributed by atoms with Crippen molar-refractivity contribution >= 4 is 29.3 Å². The Morgan fingerprint density at radius 1 is 1.20 bits per heavy atom. The molecule has 2 rings (SSSR count). The molecule has 0 aliphatic carbocycles. The van der Waals surface area contributed by atoms with E-state index in [9.17, 15) is 4.79 Å². The highest BCUT2D eigenvalue weighted by Gasteiger charge is 2.04. The Bertz CT molecular complexity index is 648. The third-order valence-electron chi connectivity index (χ3n) is 2.85. The molecule has 0 heterocycles. The van der Waals surface area contributed by atoms with Gasteiger partial charge >= 0.3 is 0 Å². The van der Waals surface area contributed by atoms with Crippen LogP contribution in [0.5, 0.6) is 5.75 Å². The quantitative estimate of drug-likeness (QED) is 0.838. The number of benzene rings is 2. The average Bonchev–Trinajstić information content (AvgIpc) is 2.43. The maximum Gasteiger partial charge on any atom is 0.248 e. The summed E-state index contributed by atoms with van der Waals surface area (Å²) in [5, 5.41) is 12.6. The van der Waals surface area contributed by atoms with E-state index in [0.717, 1.165) is 11.1 Å². The monoisotopic (exact) mass is 287 g/mol. The normalized spacial score (nSPS) is 10.7. The van der Waals surface area contributed by atoms with E-state index in [1.807, 2.05) is 6.92 Å². The molecular formula is C16H14ClNO2. The van der Waals surface area contributed by atoms with Gasteiger partial charge in [-0.15, -0.1) is 0 Å². The summed E-state index contributed by atoms with van der Waals surface area (Å²) in [5.41, 5.74) is 2.36. The zero-order valence-electron chi connectivity index (χ0n) is 10.9. The number of phenolic OH excluding ortho intramolecular Hbond substituents is 1. The third-order valence-corrected chi connectivity index (χ3v) is 3.26. The summed E-state index contributed by atoms with van der Waals surface area (Å²) < 4.78 is 0. The van der Waals surface area contributed by atoms with E-state index in [4.69, 9.17) is 16.7 Å². The van der Waals surface area contributed by atoms with E-state index < -0.39 is 0 Å². The lowest BCUT2D eigenvalue weighted by Crippen LogP contribution is -2.08. The van der Waals surface area contributed by atoms with Crippen LogP contribution in [0.4, 0.5) is 5.69 Å². The molecule has 2 aromatic carbocycles. The van der Waals surface area contributed by atoms with Gasteiger partial charge in [-0.1, -0.05) is 29.8 Å². The van der Waals surface area contributed by atoms with Crippen LogP contribution in [0.2, 0.25) is 5.02 Å². The highest BCUT2D eigenvalue weighted by Crippen LogP contribution is 2.22. The van der Waals surface area contributed by atoms with Gasteiger partial charge in [0.05, 0.1) is 0 Å². The summed E-state index contributed by atoms with van der Waals surface area (Å²) >= 11 is 5.99. The minimum absolute atomic E-state index is 0.196. The molecule has 1 amide bonds. The highest BCUT2D eigenvalue weighted by atomic mass is 35.5. The van der Waals surface area contributed by atoms with Gasteiger partial charge in [-0.3, -0.25) is 4.79 Å². The molecule has 0 unspecified atom stereocenters. The minimum atomic E-state index is -0.233. The van der Waals surface area contributed by atoms with Crippen molar-refractivity contribution in [3.63, 3.8) is 0 Å². The molecule has 0 radical (unpaired) electrons. The van der Waals surface area contributed by atoms with Crippen LogP contribution in [0, 0.1) is 6.92 Å². The van der Waals surface area contributed by atoms with E-state index in [-0.39, 0.29) is 11.7 Å². The molecule has 4 heteroatoms. The van der Waals surface area contributed by atoms with E-state index in [1.54, 1.807) is 48.5 Å². The topological polar surface area (TPSA) is 49.3 Å². The molecule has 0 saturated carbocycles. The molecule has 0 atom stereocenters. The van der Waals surface area contributed by atoms with Gasteiger partial charge in [-0.05, 0) is 48.4 Å². The Hall–Kier alpha value is -2.26. The van der Waals surface area contributed by atoms with Crippen LogP contribution in [0.1, 0.15) is 11.1 Å². The van der Waals surface area contributed by atoms with E-state index >= 15 is 0 Å². The maximum atomic E-state index is 11.8. The molecule has 3 nitrogen and oxygen atoms in total. The van der Waals surface area contributed by atoms with Crippen LogP contribution in [-0.4, -0.2) is 11.0 Å². The molecule has 0 aromatic heterocycles. The van der Waals surface area contributed by atoms with Crippen LogP contribution < -0.4 is 5.32 Å². The van der Waals surface area contributed by atoms with Crippen LogP contribution in [0.25, 0.3) is 6.08 Å². The van der Waals surface area contributed by atoms with Crippen molar-refractivity contribution in [2.45, 2.75) is 6.92 Å². The van der Waals surface area contributed by atoms with Crippen molar-refractivity contribution in [1.82, 2.24) is 0 Å². The van der Waals surface area contributed by atoms with Crippen molar-refractivity contribution in [2.75, 3.05) is 5.32 Å². The maximum absolute atomic E-state index is 11.8. The lowest BCUT2D eigenvalue weighted by atomic mass is 10.2. The van der Waals surface area contributed by atoms with Gasteiger partial charge < -0.3 is 10.4 Å². The number of phenols is 1. The van der Waals surface area contributed by atoms with Gasteiger partial charge in [-0.25, -0.2) is 0 Å². The number of nitrogens with one attached hydrogen (secondary N) is 1. The molecule has 0 aliphatic heterocycles. The predicted molar refractivity (Wildman–Crippen MR) is 82.0 cm³/mol. The highest BCUT2D eigenvalue weighted by molar-refractivity contribution is 6.31. The van der Waals surface area contributed by atoms with Gasteiger partial charge in [0.15, 0.2) is 0 Å². The number of halogens is 1. The largest absolute Gasteiger partial charge is 0.508 e. The Labute approximate surface area is 122 Å². The second-order valence-corrected chi connectivity index (χ2v) is 4.73. The van der Waals surface area contributed by atoms with Crippen LogP contribution in [-0.2, 0) is 4.79 Å². The second-order valence-electron chi connectivity index (χ2n) is 4.33. The number of hydrogen-bond donors (Lipinski definition) is 2. The first-order chi connectivity index (χ1) is 9.56. The SMILES string of the molecule is Cc1c(Cl)cccc1NC(=O)/C=C/c1ccc(O)cc1. The first kappa shape index (κ1) is 14.2. The Morgan fingerprint density at radius 2 is 1.90 bits per heavy atom.